The number of hydrogen-bond donors (Lipinski definition) is 1. The molecule has 0 unspecified atom stereocenters. The van der Waals surface area contributed by atoms with E-state index >= 15 is 0 Å². The van der Waals surface area contributed by atoms with Crippen LogP contribution in [0.3, 0.4) is 0 Å². The van der Waals surface area contributed by atoms with Crippen LogP contribution >= 0.6 is 0 Å². The van der Waals surface area contributed by atoms with Gasteiger partial charge in [0.2, 0.25) is 0 Å². The van der Waals surface area contributed by atoms with Crippen LogP contribution in [0.5, 0.6) is 0 Å². The van der Waals surface area contributed by atoms with Gasteiger partial charge >= 0.3 is 0 Å². The lowest BCUT2D eigenvalue weighted by Gasteiger charge is -2.09. The van der Waals surface area contributed by atoms with Crippen LogP contribution in [-0.4, -0.2) is 21.3 Å². The lowest BCUT2D eigenvalue weighted by atomic mass is 10.2. The van der Waals surface area contributed by atoms with E-state index in [1.54, 1.807) is 6.20 Å². The number of nitrogens with zero attached hydrogens (tertiary/aromatic N) is 3. The number of pyridine rings is 1. The fourth-order valence-corrected chi connectivity index (χ4v) is 2.16. The summed E-state index contributed by atoms with van der Waals surface area (Å²) in [6.07, 6.45) is 3.68. The minimum atomic E-state index is 0.799. The van der Waals surface area contributed by atoms with Gasteiger partial charge in [-0.1, -0.05) is 31.2 Å². The molecule has 0 saturated heterocycles. The van der Waals surface area contributed by atoms with E-state index in [2.05, 4.69) is 40.5 Å². The summed E-state index contributed by atoms with van der Waals surface area (Å²) in [4.78, 5) is 4.48. The molecule has 1 N–H and O–H groups in total. The van der Waals surface area contributed by atoms with Crippen molar-refractivity contribution in [2.45, 2.75) is 13.5 Å². The molecule has 19 heavy (non-hydrogen) atoms. The minimum absolute atomic E-state index is 0.799. The monoisotopic (exact) mass is 252 g/mol. The van der Waals surface area contributed by atoms with Crippen LogP contribution in [0.1, 0.15) is 12.5 Å². The molecule has 4 nitrogen and oxygen atoms in total. The second-order valence-electron chi connectivity index (χ2n) is 4.38. The topological polar surface area (TPSA) is 42.7 Å². The summed E-state index contributed by atoms with van der Waals surface area (Å²) >= 11 is 0. The van der Waals surface area contributed by atoms with E-state index in [-0.39, 0.29) is 0 Å². The molecule has 2 aromatic heterocycles. The molecule has 0 saturated carbocycles. The van der Waals surface area contributed by atoms with Crippen LogP contribution in [0.25, 0.3) is 16.7 Å². The van der Waals surface area contributed by atoms with E-state index in [1.807, 2.05) is 29.1 Å². The van der Waals surface area contributed by atoms with Gasteiger partial charge in [-0.25, -0.2) is 9.67 Å². The average Bonchev–Trinajstić information content (AvgIpc) is 2.89. The number of nitrogens with one attached hydrogen (secondary N) is 1. The maximum atomic E-state index is 4.48. The van der Waals surface area contributed by atoms with Gasteiger partial charge in [0.15, 0.2) is 5.82 Å². The first kappa shape index (κ1) is 11.9. The summed E-state index contributed by atoms with van der Waals surface area (Å²) in [5.41, 5.74) is 2.23. The summed E-state index contributed by atoms with van der Waals surface area (Å²) in [6, 6.07) is 12.2. The Morgan fingerprint density at radius 2 is 2.05 bits per heavy atom. The molecule has 3 rings (SSSR count). The molecule has 3 aromatic rings. The van der Waals surface area contributed by atoms with Crippen molar-refractivity contribution in [3.05, 3.63) is 54.4 Å². The Bertz CT molecular complexity index is 687. The highest BCUT2D eigenvalue weighted by Gasteiger charge is 2.09. The smallest absolute Gasteiger partial charge is 0.158 e. The zero-order chi connectivity index (χ0) is 13.1. The number of benzene rings is 1. The standard InChI is InChI=1S/C15H16N4/c1-2-16-10-13-7-5-9-17-15(13)19-14-8-4-3-6-12(14)11-18-19/h3-9,11,16H,2,10H2,1H3. The molecule has 0 spiro atoms. The molecule has 0 atom stereocenters. The molecule has 0 bridgehead atoms. The third-order valence-corrected chi connectivity index (χ3v) is 3.11. The fourth-order valence-electron chi connectivity index (χ4n) is 2.16. The number of para-hydroxylation sites is 1. The second-order valence-corrected chi connectivity index (χ2v) is 4.38. The lowest BCUT2D eigenvalue weighted by molar-refractivity contribution is 0.713. The third-order valence-electron chi connectivity index (χ3n) is 3.11. The van der Waals surface area contributed by atoms with Crippen LogP contribution in [0.15, 0.2) is 48.8 Å². The van der Waals surface area contributed by atoms with E-state index in [4.69, 9.17) is 0 Å². The van der Waals surface area contributed by atoms with E-state index in [1.165, 1.54) is 0 Å². The highest BCUT2D eigenvalue weighted by Crippen LogP contribution is 2.18. The minimum Gasteiger partial charge on any atom is -0.313 e. The SMILES string of the molecule is CCNCc1cccnc1-n1ncc2ccccc21. The quantitative estimate of drug-likeness (QED) is 0.776. The van der Waals surface area contributed by atoms with E-state index in [0.717, 1.165) is 35.4 Å². The molecule has 4 heteroatoms. The molecule has 96 valence electrons. The molecule has 1 aromatic carbocycles. The maximum Gasteiger partial charge on any atom is 0.158 e. The number of hydrogen-bond acceptors (Lipinski definition) is 3. The van der Waals surface area contributed by atoms with Gasteiger partial charge in [-0.15, -0.1) is 0 Å². The number of rotatable bonds is 4. The summed E-state index contributed by atoms with van der Waals surface area (Å²) in [5.74, 6) is 0.893. The molecule has 0 radical (unpaired) electrons. The largest absolute Gasteiger partial charge is 0.313 e. The zero-order valence-electron chi connectivity index (χ0n) is 10.9. The first-order chi connectivity index (χ1) is 9.40. The maximum absolute atomic E-state index is 4.48. The van der Waals surface area contributed by atoms with Crippen molar-refractivity contribution in [2.24, 2.45) is 0 Å². The first-order valence-corrected chi connectivity index (χ1v) is 6.48. The van der Waals surface area contributed by atoms with Crippen LogP contribution in [0.4, 0.5) is 0 Å². The van der Waals surface area contributed by atoms with Crippen molar-refractivity contribution >= 4 is 10.9 Å². The van der Waals surface area contributed by atoms with E-state index in [0.29, 0.717) is 0 Å². The van der Waals surface area contributed by atoms with Crippen molar-refractivity contribution in [2.75, 3.05) is 6.54 Å². The summed E-state index contributed by atoms with van der Waals surface area (Å²) in [5, 5.41) is 8.92. The fraction of sp³-hybridized carbons (Fsp3) is 0.200. The molecular weight excluding hydrogens is 236 g/mol. The summed E-state index contributed by atoms with van der Waals surface area (Å²) < 4.78 is 1.90. The predicted octanol–water partition coefficient (Wildman–Crippen LogP) is 2.53. The Morgan fingerprint density at radius 1 is 1.16 bits per heavy atom. The van der Waals surface area contributed by atoms with E-state index < -0.39 is 0 Å². The summed E-state index contributed by atoms with van der Waals surface area (Å²) in [7, 11) is 0. The number of fused-ring (bicyclic) bond motifs is 1. The average molecular weight is 252 g/mol. The van der Waals surface area contributed by atoms with Crippen LogP contribution in [0, 0.1) is 0 Å². The van der Waals surface area contributed by atoms with Gasteiger partial charge in [-0.05, 0) is 18.7 Å². The van der Waals surface area contributed by atoms with E-state index in [9.17, 15) is 0 Å². The van der Waals surface area contributed by atoms with Crippen LogP contribution in [0.2, 0.25) is 0 Å². The lowest BCUT2D eigenvalue weighted by Crippen LogP contribution is -2.15. The molecule has 0 amide bonds. The van der Waals surface area contributed by atoms with Crippen LogP contribution < -0.4 is 5.32 Å². The van der Waals surface area contributed by atoms with Crippen molar-refractivity contribution < 1.29 is 0 Å². The molecular formula is C15H16N4. The normalized spacial score (nSPS) is 11.0. The second kappa shape index (κ2) is 5.20. The van der Waals surface area contributed by atoms with Gasteiger partial charge in [-0.2, -0.15) is 5.10 Å². The van der Waals surface area contributed by atoms with Gasteiger partial charge in [0.05, 0.1) is 11.7 Å². The van der Waals surface area contributed by atoms with Gasteiger partial charge in [0.25, 0.3) is 0 Å². The van der Waals surface area contributed by atoms with Gasteiger partial charge < -0.3 is 5.32 Å². The zero-order valence-corrected chi connectivity index (χ0v) is 10.9. The first-order valence-electron chi connectivity index (χ1n) is 6.48. The van der Waals surface area contributed by atoms with Crippen molar-refractivity contribution in [3.8, 4) is 5.82 Å². The summed E-state index contributed by atoms with van der Waals surface area (Å²) in [6.45, 7) is 3.83. The van der Waals surface area contributed by atoms with Crippen molar-refractivity contribution in [1.29, 1.82) is 0 Å². The van der Waals surface area contributed by atoms with Gasteiger partial charge in [0.1, 0.15) is 0 Å². The predicted molar refractivity (Wildman–Crippen MR) is 76.2 cm³/mol. The Labute approximate surface area is 112 Å². The Morgan fingerprint density at radius 3 is 2.95 bits per heavy atom. The molecule has 0 fully saturated rings. The molecule has 0 aliphatic rings. The highest BCUT2D eigenvalue weighted by molar-refractivity contribution is 5.79. The Balaban J connectivity index is 2.11. The molecule has 0 aliphatic carbocycles. The highest BCUT2D eigenvalue weighted by atomic mass is 15.3. The molecule has 2 heterocycles. The Hall–Kier alpha value is -2.20. The van der Waals surface area contributed by atoms with Gasteiger partial charge in [-0.3, -0.25) is 0 Å². The van der Waals surface area contributed by atoms with Crippen molar-refractivity contribution in [3.63, 3.8) is 0 Å². The molecule has 0 aliphatic heterocycles. The number of aromatic nitrogens is 3. The third kappa shape index (κ3) is 2.22. The Kier molecular flexibility index (Phi) is 3.25. The van der Waals surface area contributed by atoms with Crippen molar-refractivity contribution in [1.82, 2.24) is 20.1 Å². The van der Waals surface area contributed by atoms with Crippen LogP contribution in [-0.2, 0) is 6.54 Å². The van der Waals surface area contributed by atoms with Gasteiger partial charge in [0, 0.05) is 23.7 Å².